The van der Waals surface area contributed by atoms with Crippen LogP contribution in [0.2, 0.25) is 0 Å². The van der Waals surface area contributed by atoms with E-state index >= 15 is 0 Å². The van der Waals surface area contributed by atoms with Gasteiger partial charge in [-0.15, -0.1) is 0 Å². The van der Waals surface area contributed by atoms with E-state index in [1.807, 2.05) is 6.92 Å². The topological polar surface area (TPSA) is 65.8 Å². The van der Waals surface area contributed by atoms with Crippen LogP contribution in [-0.4, -0.2) is 21.2 Å². The third-order valence-electron chi connectivity index (χ3n) is 2.50. The molecule has 0 radical (unpaired) electrons. The highest BCUT2D eigenvalue weighted by atomic mass is 32.1. The molecule has 16 heavy (non-hydrogen) atoms. The van der Waals surface area contributed by atoms with Crippen LogP contribution in [0.15, 0.2) is 16.4 Å². The van der Waals surface area contributed by atoms with E-state index in [4.69, 9.17) is 5.11 Å². The van der Waals surface area contributed by atoms with Gasteiger partial charge in [0.1, 0.15) is 18.3 Å². The minimum absolute atomic E-state index is 0.0380. The van der Waals surface area contributed by atoms with E-state index in [0.717, 1.165) is 0 Å². The van der Waals surface area contributed by atoms with E-state index in [2.05, 4.69) is 0 Å². The van der Waals surface area contributed by atoms with Crippen molar-refractivity contribution in [2.75, 3.05) is 6.61 Å². The molecule has 86 valence electrons. The van der Waals surface area contributed by atoms with E-state index in [9.17, 15) is 9.90 Å². The van der Waals surface area contributed by atoms with Gasteiger partial charge in [0.25, 0.3) is 5.88 Å². The van der Waals surface area contributed by atoms with Gasteiger partial charge in [-0.2, -0.15) is 8.97 Å². The first kappa shape index (κ1) is 11.1. The summed E-state index contributed by atoms with van der Waals surface area (Å²) in [6.07, 6.45) is 2.14. The van der Waals surface area contributed by atoms with E-state index in [1.165, 1.54) is 15.7 Å². The molecule has 0 saturated carbocycles. The number of fused-ring (bicyclic) bond motifs is 1. The van der Waals surface area contributed by atoms with Crippen molar-refractivity contribution in [1.82, 2.24) is 4.40 Å². The van der Waals surface area contributed by atoms with Crippen molar-refractivity contribution in [3.63, 3.8) is 0 Å². The van der Waals surface area contributed by atoms with E-state index < -0.39 is 0 Å². The molecule has 0 spiro atoms. The van der Waals surface area contributed by atoms with Gasteiger partial charge in [0, 0.05) is 5.38 Å². The minimum atomic E-state index is -0.189. The van der Waals surface area contributed by atoms with Crippen molar-refractivity contribution < 1.29 is 14.8 Å². The summed E-state index contributed by atoms with van der Waals surface area (Å²) in [4.78, 5) is 12.6. The first-order chi connectivity index (χ1) is 7.70. The molecule has 2 N–H and O–H groups in total. The molecule has 0 bridgehead atoms. The van der Waals surface area contributed by atoms with Gasteiger partial charge in [0.05, 0.1) is 6.61 Å². The quantitative estimate of drug-likeness (QED) is 0.738. The fourth-order valence-corrected chi connectivity index (χ4v) is 2.59. The SMILES string of the molecule is CCc1c(O)[n+](CCO)c2sccn2c1=O. The zero-order valence-electron chi connectivity index (χ0n) is 8.88. The molecule has 0 atom stereocenters. The van der Waals surface area contributed by atoms with Gasteiger partial charge in [0.2, 0.25) is 0 Å². The van der Waals surface area contributed by atoms with Crippen molar-refractivity contribution in [3.05, 3.63) is 27.5 Å². The molecule has 0 aliphatic carbocycles. The molecular weight excluding hydrogens is 228 g/mol. The van der Waals surface area contributed by atoms with Gasteiger partial charge in [-0.25, -0.2) is 4.79 Å². The first-order valence-electron chi connectivity index (χ1n) is 5.05. The Labute approximate surface area is 95.8 Å². The molecule has 0 fully saturated rings. The molecular formula is C10H13N2O3S+. The maximum atomic E-state index is 11.9. The number of aromatic hydroxyl groups is 1. The predicted molar refractivity (Wildman–Crippen MR) is 59.9 cm³/mol. The van der Waals surface area contributed by atoms with E-state index in [0.29, 0.717) is 16.9 Å². The van der Waals surface area contributed by atoms with Crippen LogP contribution in [0.4, 0.5) is 0 Å². The lowest BCUT2D eigenvalue weighted by molar-refractivity contribution is -0.680. The average molecular weight is 241 g/mol. The van der Waals surface area contributed by atoms with Crippen molar-refractivity contribution in [3.8, 4) is 5.88 Å². The van der Waals surface area contributed by atoms with Crippen LogP contribution in [0.1, 0.15) is 12.5 Å². The van der Waals surface area contributed by atoms with Crippen LogP contribution in [-0.2, 0) is 13.0 Å². The highest BCUT2D eigenvalue weighted by Crippen LogP contribution is 2.13. The number of hydrogen-bond acceptors (Lipinski definition) is 4. The minimum Gasteiger partial charge on any atom is -0.477 e. The Balaban J connectivity index is 2.86. The predicted octanol–water partition coefficient (Wildman–Crippen LogP) is -0.0912. The summed E-state index contributed by atoms with van der Waals surface area (Å²) < 4.78 is 3.06. The second-order valence-corrected chi connectivity index (χ2v) is 4.26. The Morgan fingerprint density at radius 3 is 2.94 bits per heavy atom. The molecule has 0 saturated heterocycles. The normalized spacial score (nSPS) is 11.1. The molecule has 5 nitrogen and oxygen atoms in total. The van der Waals surface area contributed by atoms with Crippen molar-refractivity contribution in [1.29, 1.82) is 0 Å². The molecule has 2 heterocycles. The van der Waals surface area contributed by atoms with Crippen LogP contribution in [0.25, 0.3) is 4.96 Å². The summed E-state index contributed by atoms with van der Waals surface area (Å²) in [5.41, 5.74) is 0.190. The molecule has 0 amide bonds. The largest absolute Gasteiger partial charge is 0.477 e. The molecule has 0 aliphatic rings. The molecule has 2 rings (SSSR count). The van der Waals surface area contributed by atoms with Crippen LogP contribution in [0.3, 0.4) is 0 Å². The van der Waals surface area contributed by atoms with Gasteiger partial charge >= 0.3 is 10.5 Å². The Morgan fingerprint density at radius 2 is 2.31 bits per heavy atom. The Hall–Kier alpha value is -1.40. The van der Waals surface area contributed by atoms with E-state index in [-0.39, 0.29) is 24.6 Å². The molecule has 0 unspecified atom stereocenters. The van der Waals surface area contributed by atoms with Crippen LogP contribution in [0.5, 0.6) is 5.88 Å². The van der Waals surface area contributed by atoms with Gasteiger partial charge in [-0.3, -0.25) is 0 Å². The third-order valence-corrected chi connectivity index (χ3v) is 3.39. The summed E-state index contributed by atoms with van der Waals surface area (Å²) in [6.45, 7) is 2.02. The summed E-state index contributed by atoms with van der Waals surface area (Å²) in [5, 5.41) is 20.7. The van der Waals surface area contributed by atoms with Gasteiger partial charge < -0.3 is 10.2 Å². The second kappa shape index (κ2) is 4.23. The fraction of sp³-hybridized carbons (Fsp3) is 0.400. The number of aromatic nitrogens is 2. The zero-order valence-corrected chi connectivity index (χ0v) is 9.70. The number of rotatable bonds is 3. The zero-order chi connectivity index (χ0) is 11.7. The number of thiazole rings is 1. The summed E-state index contributed by atoms with van der Waals surface area (Å²) in [7, 11) is 0. The maximum absolute atomic E-state index is 11.9. The number of nitrogens with zero attached hydrogens (tertiary/aromatic N) is 2. The monoisotopic (exact) mass is 241 g/mol. The molecule has 6 heteroatoms. The lowest BCUT2D eigenvalue weighted by Crippen LogP contribution is -2.41. The van der Waals surface area contributed by atoms with Crippen LogP contribution in [0, 0.1) is 0 Å². The molecule has 2 aromatic rings. The number of aliphatic hydroxyl groups is 1. The summed E-state index contributed by atoms with van der Waals surface area (Å²) in [5.74, 6) is -0.0380. The second-order valence-electron chi connectivity index (χ2n) is 3.39. The Bertz CT molecular complexity index is 573. The van der Waals surface area contributed by atoms with Gasteiger partial charge in [-0.1, -0.05) is 18.3 Å². The first-order valence-corrected chi connectivity index (χ1v) is 5.93. The standard InChI is InChI=1S/C10H12N2O3S/c1-2-7-8(14)11(3-5-13)10-12(9(7)15)4-6-16-10/h4,6,13H,2-3,5H2,1H3/p+1. The highest BCUT2D eigenvalue weighted by molar-refractivity contribution is 7.14. The van der Waals surface area contributed by atoms with Gasteiger partial charge in [0.15, 0.2) is 0 Å². The summed E-state index contributed by atoms with van der Waals surface area (Å²) >= 11 is 1.36. The van der Waals surface area contributed by atoms with E-state index in [1.54, 1.807) is 16.1 Å². The number of hydrogen-bond donors (Lipinski definition) is 2. The lowest BCUT2D eigenvalue weighted by atomic mass is 10.2. The highest BCUT2D eigenvalue weighted by Gasteiger charge is 2.22. The fourth-order valence-electron chi connectivity index (χ4n) is 1.73. The molecule has 0 aliphatic heterocycles. The molecule has 2 aromatic heterocycles. The Kier molecular flexibility index (Phi) is 2.93. The summed E-state index contributed by atoms with van der Waals surface area (Å²) in [6, 6.07) is 0. The maximum Gasteiger partial charge on any atom is 0.351 e. The van der Waals surface area contributed by atoms with Gasteiger partial charge in [-0.05, 0) is 6.42 Å². The van der Waals surface area contributed by atoms with Crippen LogP contribution < -0.4 is 10.1 Å². The lowest BCUT2D eigenvalue weighted by Gasteiger charge is -2.04. The van der Waals surface area contributed by atoms with Crippen molar-refractivity contribution in [2.24, 2.45) is 0 Å². The Morgan fingerprint density at radius 1 is 1.56 bits per heavy atom. The number of aliphatic hydroxyl groups excluding tert-OH is 1. The molecule has 0 aromatic carbocycles. The van der Waals surface area contributed by atoms with Crippen LogP contribution >= 0.6 is 11.3 Å². The van der Waals surface area contributed by atoms with Crippen molar-refractivity contribution >= 4 is 16.3 Å². The van der Waals surface area contributed by atoms with Crippen molar-refractivity contribution in [2.45, 2.75) is 19.9 Å². The smallest absolute Gasteiger partial charge is 0.351 e. The third kappa shape index (κ3) is 1.50. The average Bonchev–Trinajstić information content (AvgIpc) is 2.74.